The van der Waals surface area contributed by atoms with E-state index in [4.69, 9.17) is 28.4 Å². The zero-order valence-electron chi connectivity index (χ0n) is 29.9. The molecule has 0 bridgehead atoms. The molecule has 2 heterocycles. The maximum absolute atomic E-state index is 13.1. The summed E-state index contributed by atoms with van der Waals surface area (Å²) in [6.07, 6.45) is 18.9. The summed E-state index contributed by atoms with van der Waals surface area (Å²) in [6, 6.07) is 10.1. The minimum absolute atomic E-state index is 0.0169. The Hall–Kier alpha value is -2.45. The van der Waals surface area contributed by atoms with Gasteiger partial charge in [0.2, 0.25) is 0 Å². The fraction of sp³-hybridized carbons (Fsp3) is 0.683. The number of fused-ring (bicyclic) bond motifs is 1. The highest BCUT2D eigenvalue weighted by atomic mass is 16.7. The van der Waals surface area contributed by atoms with Gasteiger partial charge in [-0.05, 0) is 114 Å². The van der Waals surface area contributed by atoms with Crippen molar-refractivity contribution in [1.29, 1.82) is 0 Å². The molecular weight excluding hydrogens is 604 g/mol. The molecule has 7 nitrogen and oxygen atoms in total. The molecule has 2 saturated heterocycles. The molecule has 0 amide bonds. The van der Waals surface area contributed by atoms with Crippen molar-refractivity contribution in [3.8, 4) is 0 Å². The van der Waals surface area contributed by atoms with Crippen LogP contribution in [0, 0.1) is 29.6 Å². The predicted molar refractivity (Wildman–Crippen MR) is 188 cm³/mol. The molecule has 266 valence electrons. The van der Waals surface area contributed by atoms with Gasteiger partial charge in [-0.3, -0.25) is 4.79 Å². The topological polar surface area (TPSA) is 72.5 Å². The van der Waals surface area contributed by atoms with Crippen LogP contribution in [-0.4, -0.2) is 51.6 Å². The Morgan fingerprint density at radius 1 is 0.958 bits per heavy atom. The predicted octanol–water partition coefficient (Wildman–Crippen LogP) is 9.08. The van der Waals surface area contributed by atoms with E-state index in [9.17, 15) is 4.79 Å². The largest absolute Gasteiger partial charge is 0.469 e. The van der Waals surface area contributed by atoms with Crippen LogP contribution in [0.2, 0.25) is 0 Å². The van der Waals surface area contributed by atoms with E-state index in [1.807, 2.05) is 30.3 Å². The maximum Gasteiger partial charge on any atom is 0.315 e. The lowest BCUT2D eigenvalue weighted by Crippen LogP contribution is -2.34. The van der Waals surface area contributed by atoms with Gasteiger partial charge in [-0.25, -0.2) is 0 Å². The lowest BCUT2D eigenvalue weighted by molar-refractivity contribution is -0.200. The van der Waals surface area contributed by atoms with Crippen LogP contribution in [0.3, 0.4) is 0 Å². The number of rotatable bonds is 17. The molecule has 5 rings (SSSR count). The number of esters is 1. The summed E-state index contributed by atoms with van der Waals surface area (Å²) in [7, 11) is 1.47. The summed E-state index contributed by atoms with van der Waals surface area (Å²) in [6.45, 7) is 8.95. The van der Waals surface area contributed by atoms with E-state index < -0.39 is 5.92 Å². The van der Waals surface area contributed by atoms with Crippen LogP contribution in [0.4, 0.5) is 0 Å². The first-order valence-electron chi connectivity index (χ1n) is 18.7. The normalized spacial score (nSPS) is 28.7. The van der Waals surface area contributed by atoms with Gasteiger partial charge in [-0.2, -0.15) is 0 Å². The van der Waals surface area contributed by atoms with Gasteiger partial charge in [-0.1, -0.05) is 60.6 Å². The van der Waals surface area contributed by atoms with Crippen molar-refractivity contribution < 1.29 is 33.2 Å². The van der Waals surface area contributed by atoms with Gasteiger partial charge in [-0.15, -0.1) is 0 Å². The van der Waals surface area contributed by atoms with Crippen LogP contribution in [0.1, 0.15) is 103 Å². The van der Waals surface area contributed by atoms with Gasteiger partial charge in [0.15, 0.2) is 12.6 Å². The molecule has 5 unspecified atom stereocenters. The highest BCUT2D eigenvalue weighted by Gasteiger charge is 2.51. The first kappa shape index (κ1) is 36.8. The van der Waals surface area contributed by atoms with Crippen molar-refractivity contribution in [2.24, 2.45) is 29.6 Å². The van der Waals surface area contributed by atoms with Crippen LogP contribution in [0.15, 0.2) is 65.5 Å². The highest BCUT2D eigenvalue weighted by molar-refractivity contribution is 5.76. The lowest BCUT2D eigenvalue weighted by Gasteiger charge is -2.34. The van der Waals surface area contributed by atoms with E-state index >= 15 is 0 Å². The van der Waals surface area contributed by atoms with E-state index in [0.29, 0.717) is 19.1 Å². The molecule has 8 atom stereocenters. The molecular formula is C41H60O7. The van der Waals surface area contributed by atoms with Crippen LogP contribution < -0.4 is 0 Å². The summed E-state index contributed by atoms with van der Waals surface area (Å²) in [5.74, 6) is 1.57. The zero-order chi connectivity index (χ0) is 33.7. The van der Waals surface area contributed by atoms with Crippen molar-refractivity contribution in [1.82, 2.24) is 0 Å². The summed E-state index contributed by atoms with van der Waals surface area (Å²) < 4.78 is 37.3. The molecule has 2 aliphatic carbocycles. The monoisotopic (exact) mass is 664 g/mol. The molecule has 2 aliphatic heterocycles. The van der Waals surface area contributed by atoms with E-state index in [1.165, 1.54) is 19.1 Å². The quantitative estimate of drug-likeness (QED) is 0.0935. The summed E-state index contributed by atoms with van der Waals surface area (Å²) in [5.41, 5.74) is 3.59. The second kappa shape index (κ2) is 19.1. The Bertz CT molecular complexity index is 1210. The Morgan fingerprint density at radius 3 is 2.33 bits per heavy atom. The van der Waals surface area contributed by atoms with Crippen molar-refractivity contribution in [2.75, 3.05) is 26.9 Å². The van der Waals surface area contributed by atoms with Crippen molar-refractivity contribution >= 4 is 5.97 Å². The van der Waals surface area contributed by atoms with Crippen molar-refractivity contribution in [3.05, 3.63) is 71.0 Å². The zero-order valence-corrected chi connectivity index (χ0v) is 29.9. The van der Waals surface area contributed by atoms with E-state index in [0.717, 1.165) is 101 Å². The second-order valence-electron chi connectivity index (χ2n) is 14.6. The molecule has 0 spiro atoms. The molecule has 0 N–H and O–H groups in total. The number of methoxy groups -OCH3 is 1. The average Bonchev–Trinajstić information content (AvgIpc) is 3.64. The average molecular weight is 665 g/mol. The smallest absolute Gasteiger partial charge is 0.315 e. The standard InChI is InChI=1S/C41H60O7/c1-29(2)14-12-15-30(3)16-13-19-36(47-38-20-8-10-22-45-38)40-34-25-32(24-33(34)26-37(40)48-39-21-9-11-23-46-39)35(41(42)43-4)28-44-27-31-17-6-5-7-18-31/h5-7,14,17-19,24,30,33-35,37-40H,8-13,15-16,20-23,25-28H2,1-4H3/t30-,33?,34?,35?,37-,38?,39?,40+/m1/s1. The van der Waals surface area contributed by atoms with Gasteiger partial charge < -0.3 is 28.4 Å². The number of allylic oxidation sites excluding steroid dienone is 4. The number of ether oxygens (including phenoxy) is 6. The van der Waals surface area contributed by atoms with E-state index in [2.05, 4.69) is 39.0 Å². The number of carbonyl (C=O) groups excluding carboxylic acids is 1. The fourth-order valence-corrected chi connectivity index (χ4v) is 7.89. The first-order valence-corrected chi connectivity index (χ1v) is 18.7. The highest BCUT2D eigenvalue weighted by Crippen LogP contribution is 2.53. The molecule has 48 heavy (non-hydrogen) atoms. The van der Waals surface area contributed by atoms with Crippen LogP contribution in [-0.2, 0) is 39.8 Å². The lowest BCUT2D eigenvalue weighted by atomic mass is 9.85. The van der Waals surface area contributed by atoms with Gasteiger partial charge in [0, 0.05) is 18.9 Å². The molecule has 1 saturated carbocycles. The summed E-state index contributed by atoms with van der Waals surface area (Å²) >= 11 is 0. The molecule has 7 heteroatoms. The maximum atomic E-state index is 13.1. The molecule has 0 aromatic heterocycles. The van der Waals surface area contributed by atoms with Gasteiger partial charge >= 0.3 is 5.97 Å². The van der Waals surface area contributed by atoms with E-state index in [-0.39, 0.29) is 42.4 Å². The van der Waals surface area contributed by atoms with Gasteiger partial charge in [0.25, 0.3) is 0 Å². The Kier molecular flexibility index (Phi) is 14.6. The first-order chi connectivity index (χ1) is 23.4. The molecule has 3 fully saturated rings. The van der Waals surface area contributed by atoms with Crippen molar-refractivity contribution in [2.45, 2.75) is 123 Å². The third-order valence-electron chi connectivity index (χ3n) is 10.6. The van der Waals surface area contributed by atoms with Gasteiger partial charge in [0.05, 0.1) is 33.0 Å². The Labute approximate surface area is 289 Å². The van der Waals surface area contributed by atoms with Crippen LogP contribution in [0.25, 0.3) is 0 Å². The summed E-state index contributed by atoms with van der Waals surface area (Å²) in [5, 5.41) is 0. The molecule has 1 aromatic rings. The SMILES string of the molecule is COC(=O)C(COCc1ccccc1)C1=CC2C[C@@H](OC3CCCCO3)[C@H](C(=CCC[C@H](C)CCC=C(C)C)OC3CCCCO3)C2C1. The fourth-order valence-electron chi connectivity index (χ4n) is 7.89. The molecule has 0 radical (unpaired) electrons. The summed E-state index contributed by atoms with van der Waals surface area (Å²) in [4.78, 5) is 13.1. The second-order valence-corrected chi connectivity index (χ2v) is 14.6. The minimum Gasteiger partial charge on any atom is -0.469 e. The van der Waals surface area contributed by atoms with Crippen molar-refractivity contribution in [3.63, 3.8) is 0 Å². The Balaban J connectivity index is 1.34. The van der Waals surface area contributed by atoms with Crippen LogP contribution in [0.5, 0.6) is 0 Å². The minimum atomic E-state index is -0.428. The molecule has 1 aromatic carbocycles. The molecule has 4 aliphatic rings. The number of hydrogen-bond donors (Lipinski definition) is 0. The van der Waals surface area contributed by atoms with E-state index in [1.54, 1.807) is 0 Å². The number of benzene rings is 1. The number of carbonyl (C=O) groups is 1. The van der Waals surface area contributed by atoms with Crippen LogP contribution >= 0.6 is 0 Å². The third kappa shape index (κ3) is 10.8. The number of hydrogen-bond acceptors (Lipinski definition) is 7. The van der Waals surface area contributed by atoms with Gasteiger partial charge in [0.1, 0.15) is 11.7 Å². The Morgan fingerprint density at radius 2 is 1.67 bits per heavy atom. The third-order valence-corrected chi connectivity index (χ3v) is 10.6.